The van der Waals surface area contributed by atoms with E-state index in [0.29, 0.717) is 0 Å². The maximum atomic E-state index is 10.3. The minimum Gasteiger partial charge on any atom is -0.739 e. The Bertz CT molecular complexity index is 215. The second kappa shape index (κ2) is 10.2. The molecule has 0 heterocycles. The zero-order valence-corrected chi connectivity index (χ0v) is 13.5. The topological polar surface area (TPSA) is 138 Å². The first-order valence-electron chi connectivity index (χ1n) is 3.43. The van der Waals surface area contributed by atoms with Crippen LogP contribution < -0.4 is 64.2 Å². The number of aliphatic hydroxyl groups excluding tert-OH is 4. The Labute approximate surface area is 141 Å². The van der Waals surface area contributed by atoms with Gasteiger partial charge in [0.1, 0.15) is 24.4 Å². The van der Waals surface area contributed by atoms with Crippen LogP contribution in [0.1, 0.15) is 0 Å². The molecule has 0 bridgehead atoms. The number of aliphatic hydroxyl groups is 4. The van der Waals surface area contributed by atoms with Gasteiger partial charge in [0.2, 0.25) is 0 Å². The summed E-state index contributed by atoms with van der Waals surface area (Å²) in [7, 11) is 0. The van der Waals surface area contributed by atoms with Gasteiger partial charge in [0.05, 0.1) is 5.97 Å². The fourth-order valence-corrected chi connectivity index (χ4v) is 0.792. The van der Waals surface area contributed by atoms with Gasteiger partial charge in [0.15, 0.2) is 0 Å². The number of hydrogen-bond acceptors (Lipinski definition) is 8. The third-order valence-corrected chi connectivity index (χ3v) is 1.72. The van der Waals surface area contributed by atoms with Crippen LogP contribution >= 0.6 is 0 Å². The normalized spacial score (nSPS) is 17.0. The van der Waals surface area contributed by atoms with Crippen LogP contribution in [-0.2, 0) is 22.2 Å². The van der Waals surface area contributed by atoms with Gasteiger partial charge in [0, 0.05) is 5.12 Å². The molecule has 0 unspecified atom stereocenters. The SMILES string of the molecule is O=C([O-])[C@@H](O)[C@@H](O)[C@H](O)[C@@H](O)C(=O)[S-].[Na+].[Na+]. The van der Waals surface area contributed by atoms with E-state index < -0.39 is 35.5 Å². The van der Waals surface area contributed by atoms with Gasteiger partial charge >= 0.3 is 59.1 Å². The van der Waals surface area contributed by atoms with E-state index in [2.05, 4.69) is 12.6 Å². The molecular formula is C6H8Na2O7S. The van der Waals surface area contributed by atoms with Crippen LogP contribution in [0.5, 0.6) is 0 Å². The Morgan fingerprint density at radius 2 is 1.25 bits per heavy atom. The molecule has 0 aliphatic heterocycles. The third-order valence-electron chi connectivity index (χ3n) is 1.48. The second-order valence-electron chi connectivity index (χ2n) is 2.51. The van der Waals surface area contributed by atoms with Gasteiger partial charge in [-0.1, -0.05) is 0 Å². The molecule has 4 N–H and O–H groups in total. The first-order chi connectivity index (χ1) is 6.29. The Morgan fingerprint density at radius 1 is 0.938 bits per heavy atom. The summed E-state index contributed by atoms with van der Waals surface area (Å²) in [6.45, 7) is 0. The summed E-state index contributed by atoms with van der Waals surface area (Å²) in [4.78, 5) is 20.3. The predicted molar refractivity (Wildman–Crippen MR) is 41.4 cm³/mol. The molecular weight excluding hydrogens is 262 g/mol. The molecule has 7 nitrogen and oxygen atoms in total. The summed E-state index contributed by atoms with van der Waals surface area (Å²) in [5.74, 6) is -2.04. The van der Waals surface area contributed by atoms with E-state index >= 15 is 0 Å². The number of aliphatic carboxylic acids is 1. The summed E-state index contributed by atoms with van der Waals surface area (Å²) in [5, 5.41) is 44.0. The van der Waals surface area contributed by atoms with E-state index in [4.69, 9.17) is 20.4 Å². The zero-order chi connectivity index (χ0) is 11.5. The molecule has 10 heteroatoms. The van der Waals surface area contributed by atoms with E-state index in [1.807, 2.05) is 0 Å². The monoisotopic (exact) mass is 270 g/mol. The van der Waals surface area contributed by atoms with Gasteiger partial charge in [-0.2, -0.15) is 0 Å². The van der Waals surface area contributed by atoms with E-state index in [0.717, 1.165) is 0 Å². The number of carboxylic acid groups (broad SMARTS) is 1. The van der Waals surface area contributed by atoms with Gasteiger partial charge in [-0.3, -0.25) is 0 Å². The van der Waals surface area contributed by atoms with Crippen LogP contribution in [-0.4, -0.2) is 55.9 Å². The molecule has 82 valence electrons. The van der Waals surface area contributed by atoms with Crippen LogP contribution in [0.3, 0.4) is 0 Å². The zero-order valence-electron chi connectivity index (χ0n) is 8.73. The van der Waals surface area contributed by atoms with Crippen LogP contribution in [0, 0.1) is 0 Å². The molecule has 4 atom stereocenters. The van der Waals surface area contributed by atoms with E-state index in [1.165, 1.54) is 0 Å². The summed E-state index contributed by atoms with van der Waals surface area (Å²) < 4.78 is 0. The van der Waals surface area contributed by atoms with Crippen molar-refractivity contribution < 1.29 is 94.2 Å². The molecule has 0 radical (unpaired) electrons. The largest absolute Gasteiger partial charge is 1.00 e. The number of carbonyl (C=O) groups excluding carboxylic acids is 2. The van der Waals surface area contributed by atoms with Crippen LogP contribution in [0.2, 0.25) is 0 Å². The van der Waals surface area contributed by atoms with Gasteiger partial charge < -0.3 is 47.8 Å². The van der Waals surface area contributed by atoms with Crippen molar-refractivity contribution in [3.05, 3.63) is 0 Å². The first-order valence-corrected chi connectivity index (χ1v) is 3.83. The molecule has 0 aromatic carbocycles. The average molecular weight is 270 g/mol. The van der Waals surface area contributed by atoms with E-state index in [-0.39, 0.29) is 59.1 Å². The first kappa shape index (κ1) is 22.4. The summed E-state index contributed by atoms with van der Waals surface area (Å²) in [5.41, 5.74) is 0. The molecule has 0 aliphatic rings. The van der Waals surface area contributed by atoms with Gasteiger partial charge in [-0.15, -0.1) is 0 Å². The molecule has 0 aromatic rings. The maximum Gasteiger partial charge on any atom is 1.00 e. The van der Waals surface area contributed by atoms with Crippen molar-refractivity contribution in [2.45, 2.75) is 24.4 Å². The van der Waals surface area contributed by atoms with Gasteiger partial charge in [-0.25, -0.2) is 0 Å². The van der Waals surface area contributed by atoms with Crippen molar-refractivity contribution >= 4 is 23.7 Å². The molecule has 0 saturated heterocycles. The Hall–Kier alpha value is 1.20. The predicted octanol–water partition coefficient (Wildman–Crippen LogP) is -10.7. The van der Waals surface area contributed by atoms with Crippen molar-refractivity contribution in [3.8, 4) is 0 Å². The minimum absolute atomic E-state index is 0. The van der Waals surface area contributed by atoms with E-state index in [9.17, 15) is 14.7 Å². The summed E-state index contributed by atoms with van der Waals surface area (Å²) >= 11 is 3.94. The molecule has 0 aliphatic carbocycles. The molecule has 0 amide bonds. The standard InChI is InChI=1S/C6H10O7S.2Na/c7-1(3(9)5(11)12)2(8)4(10)6(13)14;;/h1-4,7-10H,(H,11,12)(H,13,14);;/q;2*+1/p-2/t1-,2-,3-,4+;;/m0../s1. The van der Waals surface area contributed by atoms with Crippen molar-refractivity contribution in [1.82, 2.24) is 0 Å². The summed E-state index contributed by atoms with van der Waals surface area (Å²) in [6.07, 6.45) is -8.96. The van der Waals surface area contributed by atoms with Crippen LogP contribution in [0.4, 0.5) is 0 Å². The molecule has 0 aromatic heterocycles. The minimum atomic E-state index is -2.41. The number of hydrogen-bond donors (Lipinski definition) is 4. The summed E-state index contributed by atoms with van der Waals surface area (Å²) in [6, 6.07) is 0. The van der Waals surface area contributed by atoms with Gasteiger partial charge in [-0.05, 0) is 0 Å². The van der Waals surface area contributed by atoms with Crippen molar-refractivity contribution in [2.24, 2.45) is 0 Å². The van der Waals surface area contributed by atoms with Crippen LogP contribution in [0.25, 0.3) is 0 Å². The Kier molecular flexibility index (Phi) is 14.2. The molecule has 0 fully saturated rings. The molecule has 0 spiro atoms. The van der Waals surface area contributed by atoms with Crippen molar-refractivity contribution in [3.63, 3.8) is 0 Å². The average Bonchev–Trinajstić information content (AvgIpc) is 2.12. The smallest absolute Gasteiger partial charge is 0.739 e. The van der Waals surface area contributed by atoms with Crippen molar-refractivity contribution in [2.75, 3.05) is 0 Å². The van der Waals surface area contributed by atoms with E-state index in [1.54, 1.807) is 0 Å². The van der Waals surface area contributed by atoms with Crippen molar-refractivity contribution in [1.29, 1.82) is 0 Å². The molecule has 0 rings (SSSR count). The maximum absolute atomic E-state index is 10.3. The third kappa shape index (κ3) is 6.82. The Morgan fingerprint density at radius 3 is 1.50 bits per heavy atom. The second-order valence-corrected chi connectivity index (χ2v) is 2.91. The Balaban J connectivity index is -0.000000845. The quantitative estimate of drug-likeness (QED) is 0.285. The number of carboxylic acids is 1. The molecule has 0 saturated carbocycles. The van der Waals surface area contributed by atoms with Crippen LogP contribution in [0.15, 0.2) is 0 Å². The molecule has 16 heavy (non-hydrogen) atoms. The van der Waals surface area contributed by atoms with Gasteiger partial charge in [0.25, 0.3) is 0 Å². The fourth-order valence-electron chi connectivity index (χ4n) is 0.652. The fraction of sp³-hybridized carbons (Fsp3) is 0.667. The number of rotatable bonds is 5. The number of carbonyl (C=O) groups is 2.